The van der Waals surface area contributed by atoms with E-state index in [0.717, 1.165) is 12.5 Å². The summed E-state index contributed by atoms with van der Waals surface area (Å²) in [5.41, 5.74) is 0.255. The van der Waals surface area contributed by atoms with Crippen LogP contribution in [0.4, 0.5) is 8.78 Å². The molecule has 106 valence electrons. The van der Waals surface area contributed by atoms with Gasteiger partial charge in [0.25, 0.3) is 5.56 Å². The Kier molecular flexibility index (Phi) is 3.31. The maximum Gasteiger partial charge on any atom is 0.250 e. The number of aromatic nitrogens is 3. The Balaban J connectivity index is 2.01. The molecule has 0 aliphatic heterocycles. The molecule has 3 aromatic rings. The monoisotopic (exact) mass is 289 g/mol. The van der Waals surface area contributed by atoms with Gasteiger partial charge in [-0.3, -0.25) is 4.79 Å². The van der Waals surface area contributed by atoms with Crippen molar-refractivity contribution in [1.82, 2.24) is 14.8 Å². The van der Waals surface area contributed by atoms with Crippen molar-refractivity contribution in [2.45, 2.75) is 6.54 Å². The molecule has 0 saturated heterocycles. The first-order chi connectivity index (χ1) is 10.1. The Morgan fingerprint density at radius 1 is 1.19 bits per heavy atom. The Bertz CT molecular complexity index is 828. The highest BCUT2D eigenvalue weighted by molar-refractivity contribution is 5.50. The Labute approximate surface area is 117 Å². The lowest BCUT2D eigenvalue weighted by Gasteiger charge is -2.08. The number of nitrogens with zero attached hydrogens (tertiary/aromatic N) is 3. The highest BCUT2D eigenvalue weighted by atomic mass is 19.2. The van der Waals surface area contributed by atoms with Gasteiger partial charge in [-0.05, 0) is 12.1 Å². The van der Waals surface area contributed by atoms with Gasteiger partial charge in [0, 0.05) is 17.8 Å². The first kappa shape index (κ1) is 13.2. The van der Waals surface area contributed by atoms with Crippen LogP contribution in [0.1, 0.15) is 5.56 Å². The standard InChI is InChI=1S/C14H9F2N3O2/c15-11-3-1-2-9(13(11)16)6-19-7-10(4-5-12(19)20)14-18-17-8-21-14/h1-5,7-8H,6H2. The SMILES string of the molecule is O=c1ccc(-c2nnco2)cn1Cc1cccc(F)c1F. The van der Waals surface area contributed by atoms with Crippen molar-refractivity contribution in [2.75, 3.05) is 0 Å². The third kappa shape index (κ3) is 2.58. The summed E-state index contributed by atoms with van der Waals surface area (Å²) in [5, 5.41) is 7.28. The molecule has 0 N–H and O–H groups in total. The van der Waals surface area contributed by atoms with E-state index in [0.29, 0.717) is 5.56 Å². The summed E-state index contributed by atoms with van der Waals surface area (Å²) in [6.07, 6.45) is 2.62. The van der Waals surface area contributed by atoms with Gasteiger partial charge in [0.15, 0.2) is 11.6 Å². The van der Waals surface area contributed by atoms with Gasteiger partial charge in [-0.25, -0.2) is 8.78 Å². The fourth-order valence-corrected chi connectivity index (χ4v) is 1.93. The molecule has 0 atom stereocenters. The molecule has 2 heterocycles. The molecule has 0 unspecified atom stereocenters. The smallest absolute Gasteiger partial charge is 0.250 e. The fraction of sp³-hybridized carbons (Fsp3) is 0.0714. The van der Waals surface area contributed by atoms with Gasteiger partial charge in [0.1, 0.15) is 0 Å². The van der Waals surface area contributed by atoms with Crippen molar-refractivity contribution in [3.8, 4) is 11.5 Å². The lowest BCUT2D eigenvalue weighted by Crippen LogP contribution is -2.19. The van der Waals surface area contributed by atoms with Crippen molar-refractivity contribution in [3.63, 3.8) is 0 Å². The van der Waals surface area contributed by atoms with E-state index in [2.05, 4.69) is 10.2 Å². The van der Waals surface area contributed by atoms with Crippen LogP contribution in [-0.4, -0.2) is 14.8 Å². The molecular weight excluding hydrogens is 280 g/mol. The summed E-state index contributed by atoms with van der Waals surface area (Å²) in [7, 11) is 0. The van der Waals surface area contributed by atoms with E-state index in [1.807, 2.05) is 0 Å². The van der Waals surface area contributed by atoms with Crippen LogP contribution in [0.5, 0.6) is 0 Å². The normalized spacial score (nSPS) is 10.8. The minimum atomic E-state index is -0.965. The van der Waals surface area contributed by atoms with E-state index in [1.54, 1.807) is 0 Å². The molecule has 7 heteroatoms. The van der Waals surface area contributed by atoms with Crippen LogP contribution in [0.3, 0.4) is 0 Å². The lowest BCUT2D eigenvalue weighted by atomic mass is 10.2. The molecule has 0 bridgehead atoms. The van der Waals surface area contributed by atoms with Crippen molar-refractivity contribution >= 4 is 0 Å². The van der Waals surface area contributed by atoms with E-state index >= 15 is 0 Å². The fourth-order valence-electron chi connectivity index (χ4n) is 1.93. The van der Waals surface area contributed by atoms with Gasteiger partial charge in [0.05, 0.1) is 12.1 Å². The van der Waals surface area contributed by atoms with E-state index in [1.165, 1.54) is 35.0 Å². The van der Waals surface area contributed by atoms with Gasteiger partial charge < -0.3 is 8.98 Å². The molecule has 0 aliphatic carbocycles. The molecule has 0 saturated carbocycles. The maximum absolute atomic E-state index is 13.7. The number of halogens is 2. The highest BCUT2D eigenvalue weighted by Crippen LogP contribution is 2.16. The minimum Gasteiger partial charge on any atom is -0.423 e. The summed E-state index contributed by atoms with van der Waals surface area (Å²) in [4.78, 5) is 11.8. The summed E-state index contributed by atoms with van der Waals surface area (Å²) in [6.45, 7) is -0.0929. The average Bonchev–Trinajstić information content (AvgIpc) is 3.00. The molecule has 5 nitrogen and oxygen atoms in total. The van der Waals surface area contributed by atoms with Crippen LogP contribution in [0.25, 0.3) is 11.5 Å². The van der Waals surface area contributed by atoms with E-state index in [4.69, 9.17) is 4.42 Å². The Morgan fingerprint density at radius 2 is 2.05 bits per heavy atom. The Hall–Kier alpha value is -2.83. The van der Waals surface area contributed by atoms with Crippen LogP contribution in [-0.2, 0) is 6.54 Å². The quantitative estimate of drug-likeness (QED) is 0.741. The topological polar surface area (TPSA) is 60.9 Å². The third-order valence-corrected chi connectivity index (χ3v) is 2.96. The van der Waals surface area contributed by atoms with Gasteiger partial charge in [0.2, 0.25) is 12.3 Å². The van der Waals surface area contributed by atoms with Crippen LogP contribution in [0.2, 0.25) is 0 Å². The second-order valence-electron chi connectivity index (χ2n) is 4.34. The van der Waals surface area contributed by atoms with Crippen LogP contribution in [0.15, 0.2) is 52.1 Å². The number of benzene rings is 1. The van der Waals surface area contributed by atoms with Crippen molar-refractivity contribution in [2.24, 2.45) is 0 Å². The molecule has 0 radical (unpaired) electrons. The third-order valence-electron chi connectivity index (χ3n) is 2.96. The maximum atomic E-state index is 13.7. The van der Waals surface area contributed by atoms with Crippen molar-refractivity contribution < 1.29 is 13.2 Å². The zero-order valence-electron chi connectivity index (χ0n) is 10.7. The molecule has 2 aromatic heterocycles. The summed E-state index contributed by atoms with van der Waals surface area (Å²) in [5.74, 6) is -1.68. The number of hydrogen-bond acceptors (Lipinski definition) is 4. The molecule has 0 aliphatic rings. The zero-order chi connectivity index (χ0) is 14.8. The van der Waals surface area contributed by atoms with Crippen LogP contribution in [0, 0.1) is 11.6 Å². The van der Waals surface area contributed by atoms with E-state index < -0.39 is 11.6 Å². The minimum absolute atomic E-state index is 0.0831. The molecule has 0 fully saturated rings. The number of rotatable bonds is 3. The van der Waals surface area contributed by atoms with Crippen LogP contribution >= 0.6 is 0 Å². The van der Waals surface area contributed by atoms with Crippen LogP contribution < -0.4 is 5.56 Å². The molecule has 1 aromatic carbocycles. The first-order valence-corrected chi connectivity index (χ1v) is 6.05. The van der Waals surface area contributed by atoms with Gasteiger partial charge in [-0.1, -0.05) is 12.1 Å². The number of hydrogen-bond donors (Lipinski definition) is 0. The molecular formula is C14H9F2N3O2. The first-order valence-electron chi connectivity index (χ1n) is 6.05. The second-order valence-corrected chi connectivity index (χ2v) is 4.34. The summed E-state index contributed by atoms with van der Waals surface area (Å²) >= 11 is 0. The molecule has 21 heavy (non-hydrogen) atoms. The largest absolute Gasteiger partial charge is 0.423 e. The number of pyridine rings is 1. The van der Waals surface area contributed by atoms with Crippen molar-refractivity contribution in [1.29, 1.82) is 0 Å². The molecule has 3 rings (SSSR count). The van der Waals surface area contributed by atoms with Crippen molar-refractivity contribution in [3.05, 3.63) is 70.5 Å². The predicted molar refractivity (Wildman–Crippen MR) is 69.5 cm³/mol. The van der Waals surface area contributed by atoms with Gasteiger partial charge in [-0.2, -0.15) is 0 Å². The average molecular weight is 289 g/mol. The summed E-state index contributed by atoms with van der Waals surface area (Å²) in [6, 6.07) is 6.66. The molecule has 0 amide bonds. The van der Waals surface area contributed by atoms with Gasteiger partial charge >= 0.3 is 0 Å². The second kappa shape index (κ2) is 5.28. The predicted octanol–water partition coefficient (Wildman–Crippen LogP) is 2.22. The van der Waals surface area contributed by atoms with E-state index in [-0.39, 0.29) is 23.6 Å². The molecule has 0 spiro atoms. The van der Waals surface area contributed by atoms with E-state index in [9.17, 15) is 13.6 Å². The highest BCUT2D eigenvalue weighted by Gasteiger charge is 2.10. The Morgan fingerprint density at radius 3 is 2.81 bits per heavy atom. The summed E-state index contributed by atoms with van der Waals surface area (Å²) < 4.78 is 33.1. The lowest BCUT2D eigenvalue weighted by molar-refractivity contribution is 0.494. The van der Waals surface area contributed by atoms with Gasteiger partial charge in [-0.15, -0.1) is 10.2 Å². The zero-order valence-corrected chi connectivity index (χ0v) is 10.7.